The minimum Gasteiger partial charge on any atom is -0.330 e. The lowest BCUT2D eigenvalue weighted by atomic mass is 10.1. The van der Waals surface area contributed by atoms with E-state index in [0.29, 0.717) is 11.7 Å². The lowest BCUT2D eigenvalue weighted by molar-refractivity contribution is -0.119. The van der Waals surface area contributed by atoms with E-state index in [1.165, 1.54) is 22.5 Å². The highest BCUT2D eigenvalue weighted by molar-refractivity contribution is 7.14. The Balaban J connectivity index is 2.16. The second-order valence-corrected chi connectivity index (χ2v) is 5.82. The lowest BCUT2D eigenvalue weighted by Gasteiger charge is -2.06. The summed E-state index contributed by atoms with van der Waals surface area (Å²) < 4.78 is 0. The largest absolute Gasteiger partial charge is 0.330 e. The molecule has 5 heteroatoms. The van der Waals surface area contributed by atoms with Gasteiger partial charge in [0.25, 0.3) is 0 Å². The molecule has 0 saturated heterocycles. The second kappa shape index (κ2) is 6.15. The van der Waals surface area contributed by atoms with Gasteiger partial charge >= 0.3 is 0 Å². The highest BCUT2D eigenvalue weighted by Gasteiger charge is 2.13. The average Bonchev–Trinajstić information content (AvgIpc) is 2.89. The maximum atomic E-state index is 11.8. The zero-order chi connectivity index (χ0) is 14.7. The minimum absolute atomic E-state index is 0.0894. The van der Waals surface area contributed by atoms with Crippen molar-refractivity contribution in [3.63, 3.8) is 0 Å². The summed E-state index contributed by atoms with van der Waals surface area (Å²) in [5.41, 5.74) is 9.92. The summed E-state index contributed by atoms with van der Waals surface area (Å²) in [6, 6.07) is 6.24. The van der Waals surface area contributed by atoms with E-state index in [4.69, 9.17) is 5.73 Å². The van der Waals surface area contributed by atoms with Crippen molar-refractivity contribution < 1.29 is 4.79 Å². The molecule has 1 atom stereocenters. The molecule has 0 saturated carbocycles. The Morgan fingerprint density at radius 2 is 2.15 bits per heavy atom. The summed E-state index contributed by atoms with van der Waals surface area (Å²) in [6.45, 7) is 6.30. The van der Waals surface area contributed by atoms with Crippen molar-refractivity contribution in [2.75, 3.05) is 11.9 Å². The molecule has 3 N–H and O–H groups in total. The second-order valence-electron chi connectivity index (χ2n) is 4.96. The molecule has 1 aromatic carbocycles. The van der Waals surface area contributed by atoms with Gasteiger partial charge in [-0.3, -0.25) is 4.79 Å². The van der Waals surface area contributed by atoms with Crippen LogP contribution in [0.5, 0.6) is 0 Å². The highest BCUT2D eigenvalue weighted by Crippen LogP contribution is 2.26. The van der Waals surface area contributed by atoms with E-state index in [9.17, 15) is 4.79 Å². The Hall–Kier alpha value is -1.72. The van der Waals surface area contributed by atoms with Crippen LogP contribution in [0.1, 0.15) is 18.1 Å². The first-order chi connectivity index (χ1) is 9.51. The van der Waals surface area contributed by atoms with Gasteiger partial charge in [-0.05, 0) is 31.0 Å². The molecule has 106 valence electrons. The van der Waals surface area contributed by atoms with Crippen LogP contribution in [0.25, 0.3) is 11.3 Å². The van der Waals surface area contributed by atoms with Crippen LogP contribution in [0.15, 0.2) is 23.6 Å². The van der Waals surface area contributed by atoms with Crippen molar-refractivity contribution in [2.45, 2.75) is 20.8 Å². The Kier molecular flexibility index (Phi) is 4.52. The van der Waals surface area contributed by atoms with E-state index < -0.39 is 0 Å². The summed E-state index contributed by atoms with van der Waals surface area (Å²) in [7, 11) is 0. The number of carbonyl (C=O) groups is 1. The number of aryl methyl sites for hydroxylation is 2. The molecule has 1 aromatic heterocycles. The van der Waals surface area contributed by atoms with Crippen LogP contribution in [0.3, 0.4) is 0 Å². The molecule has 1 amide bonds. The molecule has 1 heterocycles. The Morgan fingerprint density at radius 3 is 2.80 bits per heavy atom. The minimum atomic E-state index is -0.205. The van der Waals surface area contributed by atoms with E-state index >= 15 is 0 Å². The van der Waals surface area contributed by atoms with Gasteiger partial charge in [0.05, 0.1) is 5.69 Å². The van der Waals surface area contributed by atoms with Crippen LogP contribution in [-0.4, -0.2) is 17.4 Å². The zero-order valence-corrected chi connectivity index (χ0v) is 12.8. The third-order valence-corrected chi connectivity index (χ3v) is 4.10. The molecule has 2 aromatic rings. The van der Waals surface area contributed by atoms with Gasteiger partial charge in [-0.1, -0.05) is 19.1 Å². The quantitative estimate of drug-likeness (QED) is 0.909. The fourth-order valence-electron chi connectivity index (χ4n) is 1.70. The zero-order valence-electron chi connectivity index (χ0n) is 11.9. The number of aromatic nitrogens is 1. The smallest absolute Gasteiger partial charge is 0.230 e. The first kappa shape index (κ1) is 14.7. The SMILES string of the molecule is Cc1ccc(-c2csc(NC(=O)C(C)CN)n2)cc1C. The predicted octanol–water partition coefficient (Wildman–Crippen LogP) is 2.96. The summed E-state index contributed by atoms with van der Waals surface area (Å²) in [5.74, 6) is -0.294. The number of nitrogens with zero attached hydrogens (tertiary/aromatic N) is 1. The topological polar surface area (TPSA) is 68.0 Å². The third kappa shape index (κ3) is 3.23. The van der Waals surface area contributed by atoms with Gasteiger partial charge in [0, 0.05) is 23.4 Å². The molecule has 1 unspecified atom stereocenters. The van der Waals surface area contributed by atoms with Crippen molar-refractivity contribution in [3.8, 4) is 11.3 Å². The number of nitrogens with two attached hydrogens (primary N) is 1. The molecule has 0 bridgehead atoms. The summed E-state index contributed by atoms with van der Waals surface area (Å²) in [5, 5.41) is 5.36. The van der Waals surface area contributed by atoms with Gasteiger partial charge in [-0.2, -0.15) is 0 Å². The molecule has 2 rings (SSSR count). The maximum absolute atomic E-state index is 11.8. The van der Waals surface area contributed by atoms with Crippen molar-refractivity contribution in [1.29, 1.82) is 0 Å². The van der Waals surface area contributed by atoms with Crippen LogP contribution in [0.2, 0.25) is 0 Å². The first-order valence-corrected chi connectivity index (χ1v) is 7.43. The third-order valence-electron chi connectivity index (χ3n) is 3.34. The average molecular weight is 289 g/mol. The normalized spacial score (nSPS) is 12.2. The van der Waals surface area contributed by atoms with Crippen molar-refractivity contribution in [3.05, 3.63) is 34.7 Å². The number of anilines is 1. The molecule has 0 aliphatic heterocycles. The molecule has 20 heavy (non-hydrogen) atoms. The predicted molar refractivity (Wildman–Crippen MR) is 83.9 cm³/mol. The molecule has 0 aliphatic rings. The number of carbonyl (C=O) groups excluding carboxylic acids is 1. The number of amides is 1. The molecule has 0 aliphatic carbocycles. The van der Waals surface area contributed by atoms with Crippen molar-refractivity contribution in [2.24, 2.45) is 11.7 Å². The molecule has 0 spiro atoms. The number of benzene rings is 1. The lowest BCUT2D eigenvalue weighted by Crippen LogP contribution is -2.26. The van der Waals surface area contributed by atoms with Crippen molar-refractivity contribution in [1.82, 2.24) is 4.98 Å². The fourth-order valence-corrected chi connectivity index (χ4v) is 2.42. The van der Waals surface area contributed by atoms with Gasteiger partial charge in [-0.25, -0.2) is 4.98 Å². The fraction of sp³-hybridized carbons (Fsp3) is 0.333. The van der Waals surface area contributed by atoms with Crippen LogP contribution >= 0.6 is 11.3 Å². The van der Waals surface area contributed by atoms with Gasteiger partial charge in [0.1, 0.15) is 0 Å². The van der Waals surface area contributed by atoms with E-state index in [-0.39, 0.29) is 11.8 Å². The number of hydrogen-bond acceptors (Lipinski definition) is 4. The summed E-state index contributed by atoms with van der Waals surface area (Å²) >= 11 is 1.43. The first-order valence-electron chi connectivity index (χ1n) is 6.55. The number of thiazole rings is 1. The van der Waals surface area contributed by atoms with E-state index in [0.717, 1.165) is 11.3 Å². The Labute approximate surface area is 123 Å². The van der Waals surface area contributed by atoms with Crippen molar-refractivity contribution >= 4 is 22.4 Å². The van der Waals surface area contributed by atoms with Gasteiger partial charge in [0.15, 0.2) is 5.13 Å². The van der Waals surface area contributed by atoms with Crippen LogP contribution < -0.4 is 11.1 Å². The number of rotatable bonds is 4. The van der Waals surface area contributed by atoms with Gasteiger partial charge < -0.3 is 11.1 Å². The monoisotopic (exact) mass is 289 g/mol. The van der Waals surface area contributed by atoms with E-state index in [1.807, 2.05) is 11.4 Å². The summed E-state index contributed by atoms with van der Waals surface area (Å²) in [4.78, 5) is 16.2. The van der Waals surface area contributed by atoms with E-state index in [2.05, 4.69) is 36.3 Å². The number of nitrogens with one attached hydrogen (secondary N) is 1. The molecule has 0 radical (unpaired) electrons. The molecular weight excluding hydrogens is 270 g/mol. The standard InChI is InChI=1S/C15H19N3OS/c1-9-4-5-12(6-10(9)2)13-8-20-15(17-13)18-14(19)11(3)7-16/h4-6,8,11H,7,16H2,1-3H3,(H,17,18,19). The number of hydrogen-bond donors (Lipinski definition) is 2. The van der Waals surface area contributed by atoms with Crippen LogP contribution in [0.4, 0.5) is 5.13 Å². The Bertz CT molecular complexity index is 621. The van der Waals surface area contributed by atoms with Crippen LogP contribution in [-0.2, 0) is 4.79 Å². The van der Waals surface area contributed by atoms with E-state index in [1.54, 1.807) is 6.92 Å². The Morgan fingerprint density at radius 1 is 1.40 bits per heavy atom. The van der Waals surface area contributed by atoms with Crippen LogP contribution in [0, 0.1) is 19.8 Å². The molecular formula is C15H19N3OS. The van der Waals surface area contributed by atoms with Gasteiger partial charge in [-0.15, -0.1) is 11.3 Å². The maximum Gasteiger partial charge on any atom is 0.230 e. The molecule has 0 fully saturated rings. The summed E-state index contributed by atoms with van der Waals surface area (Å²) in [6.07, 6.45) is 0. The van der Waals surface area contributed by atoms with Gasteiger partial charge in [0.2, 0.25) is 5.91 Å². The molecule has 4 nitrogen and oxygen atoms in total. The highest BCUT2D eigenvalue weighted by atomic mass is 32.1.